The van der Waals surface area contributed by atoms with Crippen LogP contribution in [0.4, 0.5) is 0 Å². The Balaban J connectivity index is 1.62. The number of epoxide rings is 2. The summed E-state index contributed by atoms with van der Waals surface area (Å²) in [6.45, 7) is 1.88. The largest absolute Gasteiger partial charge is 0.373 e. The third-order valence-corrected chi connectivity index (χ3v) is 3.98. The van der Waals surface area contributed by atoms with Gasteiger partial charge in [0.25, 0.3) is 0 Å². The van der Waals surface area contributed by atoms with Gasteiger partial charge in [0.1, 0.15) is 0 Å². The Morgan fingerprint density at radius 1 is 0.944 bits per heavy atom. The van der Waals surface area contributed by atoms with Crippen molar-refractivity contribution in [2.45, 2.75) is 31.5 Å². The Labute approximate surface area is 108 Å². The fraction of sp³-hybridized carbons (Fsp3) is 0.438. The molecule has 2 nitrogen and oxygen atoms in total. The molecule has 0 N–H and O–H groups in total. The van der Waals surface area contributed by atoms with Crippen LogP contribution in [0.25, 0.3) is 5.57 Å². The lowest BCUT2D eigenvalue weighted by Crippen LogP contribution is -2.11. The van der Waals surface area contributed by atoms with Crippen LogP contribution < -0.4 is 0 Å². The SMILES string of the molecule is C1=C(CC2CO2)c2ccccc2[C](CC2CO2)C1. The molecule has 2 unspecified atom stereocenters. The number of ether oxygens (including phenoxy) is 2. The van der Waals surface area contributed by atoms with Crippen molar-refractivity contribution in [2.24, 2.45) is 0 Å². The standard InChI is InChI=1S/C16H17O2/c1-2-4-16-12(8-14-10-18-14)6-5-11(15(16)3-1)7-13-9-17-13/h1-5,13-14H,6-10H2. The second-order valence-corrected chi connectivity index (χ2v) is 5.40. The zero-order valence-corrected chi connectivity index (χ0v) is 10.4. The number of fused-ring (bicyclic) bond motifs is 1. The summed E-state index contributed by atoms with van der Waals surface area (Å²) in [5.74, 6) is 1.54. The quantitative estimate of drug-likeness (QED) is 0.757. The van der Waals surface area contributed by atoms with E-state index in [1.165, 1.54) is 22.6 Å². The van der Waals surface area contributed by atoms with E-state index in [2.05, 4.69) is 30.3 Å². The van der Waals surface area contributed by atoms with Crippen molar-refractivity contribution in [2.75, 3.05) is 13.2 Å². The molecular weight excluding hydrogens is 224 g/mol. The maximum atomic E-state index is 5.37. The molecule has 2 heterocycles. The van der Waals surface area contributed by atoms with Crippen LogP contribution >= 0.6 is 0 Å². The molecule has 93 valence electrons. The van der Waals surface area contributed by atoms with E-state index in [0.717, 1.165) is 32.5 Å². The number of hydrogen-bond donors (Lipinski definition) is 0. The summed E-state index contributed by atoms with van der Waals surface area (Å²) in [6, 6.07) is 8.78. The molecule has 0 spiro atoms. The Hall–Kier alpha value is -1.12. The highest BCUT2D eigenvalue weighted by Crippen LogP contribution is 2.40. The molecule has 0 amide bonds. The summed E-state index contributed by atoms with van der Waals surface area (Å²) in [6.07, 6.45) is 6.60. The molecule has 1 aromatic carbocycles. The molecule has 2 aliphatic heterocycles. The van der Waals surface area contributed by atoms with Crippen LogP contribution in [-0.2, 0) is 9.47 Å². The van der Waals surface area contributed by atoms with Gasteiger partial charge < -0.3 is 9.47 Å². The second kappa shape index (κ2) is 4.22. The van der Waals surface area contributed by atoms with Crippen LogP contribution in [0.5, 0.6) is 0 Å². The van der Waals surface area contributed by atoms with Gasteiger partial charge in [-0.05, 0) is 29.5 Å². The van der Waals surface area contributed by atoms with E-state index in [-0.39, 0.29) is 0 Å². The lowest BCUT2D eigenvalue weighted by atomic mass is 9.79. The van der Waals surface area contributed by atoms with Crippen LogP contribution in [-0.4, -0.2) is 25.4 Å². The molecule has 2 fully saturated rings. The third-order valence-electron chi connectivity index (χ3n) is 3.98. The van der Waals surface area contributed by atoms with Gasteiger partial charge in [-0.15, -0.1) is 0 Å². The summed E-state index contributed by atoms with van der Waals surface area (Å²) in [7, 11) is 0. The highest BCUT2D eigenvalue weighted by molar-refractivity contribution is 5.73. The van der Waals surface area contributed by atoms with Crippen molar-refractivity contribution in [1.82, 2.24) is 0 Å². The summed E-state index contributed by atoms with van der Waals surface area (Å²) >= 11 is 0. The predicted molar refractivity (Wildman–Crippen MR) is 70.1 cm³/mol. The van der Waals surface area contributed by atoms with Crippen molar-refractivity contribution in [3.05, 3.63) is 47.4 Å². The minimum atomic E-state index is 0.470. The summed E-state index contributed by atoms with van der Waals surface area (Å²) in [5, 5.41) is 0. The van der Waals surface area contributed by atoms with Crippen molar-refractivity contribution in [1.29, 1.82) is 0 Å². The average molecular weight is 241 g/mol. The van der Waals surface area contributed by atoms with Crippen molar-refractivity contribution in [3.63, 3.8) is 0 Å². The molecule has 2 atom stereocenters. The Morgan fingerprint density at radius 2 is 1.61 bits per heavy atom. The number of rotatable bonds is 4. The molecule has 2 heteroatoms. The lowest BCUT2D eigenvalue weighted by Gasteiger charge is -2.24. The minimum Gasteiger partial charge on any atom is -0.373 e. The molecule has 3 aliphatic rings. The maximum absolute atomic E-state index is 5.37. The summed E-state index contributed by atoms with van der Waals surface area (Å²) in [5.41, 5.74) is 4.31. The van der Waals surface area contributed by atoms with E-state index in [1.807, 2.05) is 0 Å². The van der Waals surface area contributed by atoms with Crippen molar-refractivity contribution < 1.29 is 9.47 Å². The highest BCUT2D eigenvalue weighted by atomic mass is 16.6. The van der Waals surface area contributed by atoms with Crippen molar-refractivity contribution in [3.8, 4) is 0 Å². The van der Waals surface area contributed by atoms with Gasteiger partial charge in [0.15, 0.2) is 0 Å². The third kappa shape index (κ3) is 2.11. The zero-order valence-electron chi connectivity index (χ0n) is 10.4. The van der Waals surface area contributed by atoms with Gasteiger partial charge in [-0.2, -0.15) is 0 Å². The highest BCUT2D eigenvalue weighted by Gasteiger charge is 2.32. The van der Waals surface area contributed by atoms with Gasteiger partial charge in [0, 0.05) is 12.3 Å². The van der Waals surface area contributed by atoms with E-state index in [0.29, 0.717) is 12.2 Å². The summed E-state index contributed by atoms with van der Waals surface area (Å²) in [4.78, 5) is 0. The maximum Gasteiger partial charge on any atom is 0.0850 e. The van der Waals surface area contributed by atoms with Crippen LogP contribution in [0.1, 0.15) is 30.4 Å². The molecular formula is C16H17O2. The number of benzene rings is 1. The topological polar surface area (TPSA) is 25.1 Å². The van der Waals surface area contributed by atoms with E-state index < -0.39 is 0 Å². The first kappa shape index (κ1) is 10.8. The molecule has 1 aromatic rings. The van der Waals surface area contributed by atoms with Gasteiger partial charge in [0.05, 0.1) is 25.4 Å². The number of hydrogen-bond acceptors (Lipinski definition) is 2. The minimum absolute atomic E-state index is 0.470. The first-order valence-corrected chi connectivity index (χ1v) is 6.77. The Kier molecular flexibility index (Phi) is 2.52. The molecule has 1 radical (unpaired) electrons. The van der Waals surface area contributed by atoms with E-state index >= 15 is 0 Å². The smallest absolute Gasteiger partial charge is 0.0850 e. The first-order valence-electron chi connectivity index (χ1n) is 6.77. The molecule has 0 saturated carbocycles. The fourth-order valence-corrected chi connectivity index (χ4v) is 2.82. The summed E-state index contributed by atoms with van der Waals surface area (Å²) < 4.78 is 10.7. The zero-order chi connectivity index (χ0) is 11.9. The van der Waals surface area contributed by atoms with Gasteiger partial charge in [-0.25, -0.2) is 0 Å². The molecule has 2 saturated heterocycles. The van der Waals surface area contributed by atoms with Gasteiger partial charge in [-0.3, -0.25) is 0 Å². The van der Waals surface area contributed by atoms with E-state index in [9.17, 15) is 0 Å². The first-order chi connectivity index (χ1) is 8.90. The van der Waals surface area contributed by atoms with Gasteiger partial charge in [-0.1, -0.05) is 30.3 Å². The second-order valence-electron chi connectivity index (χ2n) is 5.40. The Morgan fingerprint density at radius 3 is 2.33 bits per heavy atom. The lowest BCUT2D eigenvalue weighted by molar-refractivity contribution is 0.400. The van der Waals surface area contributed by atoms with Gasteiger partial charge >= 0.3 is 0 Å². The van der Waals surface area contributed by atoms with E-state index in [1.54, 1.807) is 0 Å². The van der Waals surface area contributed by atoms with Crippen LogP contribution in [0.15, 0.2) is 30.3 Å². The molecule has 0 bridgehead atoms. The van der Waals surface area contributed by atoms with Gasteiger partial charge in [0.2, 0.25) is 0 Å². The normalized spacial score (nSPS) is 29.7. The number of allylic oxidation sites excluding steroid dienone is 1. The van der Waals surface area contributed by atoms with E-state index in [4.69, 9.17) is 9.47 Å². The average Bonchev–Trinajstić information content (AvgIpc) is 3.27. The molecule has 4 rings (SSSR count). The molecule has 0 aromatic heterocycles. The molecule has 18 heavy (non-hydrogen) atoms. The van der Waals surface area contributed by atoms with Crippen LogP contribution in [0, 0.1) is 5.92 Å². The fourth-order valence-electron chi connectivity index (χ4n) is 2.82. The van der Waals surface area contributed by atoms with Crippen molar-refractivity contribution >= 4 is 5.57 Å². The van der Waals surface area contributed by atoms with Crippen LogP contribution in [0.3, 0.4) is 0 Å². The van der Waals surface area contributed by atoms with Crippen LogP contribution in [0.2, 0.25) is 0 Å². The predicted octanol–water partition coefficient (Wildman–Crippen LogP) is 2.97. The monoisotopic (exact) mass is 241 g/mol. The Bertz CT molecular complexity index is 484. The molecule has 1 aliphatic carbocycles.